The molecular weight excluding hydrogens is 462 g/mol. The quantitative estimate of drug-likeness (QED) is 0.363. The molecule has 2 heterocycles. The Kier molecular flexibility index (Phi) is 6.80. The van der Waals surface area contributed by atoms with Crippen LogP contribution in [0.2, 0.25) is 0 Å². The van der Waals surface area contributed by atoms with E-state index in [1.54, 1.807) is 36.4 Å². The first-order valence-electron chi connectivity index (χ1n) is 10.4. The van der Waals surface area contributed by atoms with E-state index in [9.17, 15) is 18.5 Å². The molecule has 0 spiro atoms. The van der Waals surface area contributed by atoms with Crippen LogP contribution >= 0.6 is 0 Å². The maximum absolute atomic E-state index is 13.5. The molecule has 11 nitrogen and oxygen atoms in total. The predicted molar refractivity (Wildman–Crippen MR) is 127 cm³/mol. The number of ether oxygens (including phenoxy) is 2. The summed E-state index contributed by atoms with van der Waals surface area (Å²) in [5.74, 6) is 0.380. The number of nitrogens with zero attached hydrogens (tertiary/aromatic N) is 3. The summed E-state index contributed by atoms with van der Waals surface area (Å²) < 4.78 is 40.3. The van der Waals surface area contributed by atoms with Crippen molar-refractivity contribution in [3.8, 4) is 5.75 Å². The lowest BCUT2D eigenvalue weighted by molar-refractivity contribution is -0.384. The van der Waals surface area contributed by atoms with E-state index in [1.807, 2.05) is 4.90 Å². The van der Waals surface area contributed by atoms with Gasteiger partial charge in [0.25, 0.3) is 10.0 Å². The molecule has 2 aromatic carbocycles. The first-order chi connectivity index (χ1) is 16.4. The second kappa shape index (κ2) is 9.93. The largest absolute Gasteiger partial charge is 0.495 e. The van der Waals surface area contributed by atoms with Gasteiger partial charge < -0.3 is 19.7 Å². The number of nitro groups is 1. The zero-order chi connectivity index (χ0) is 24.1. The van der Waals surface area contributed by atoms with Crippen LogP contribution < -0.4 is 19.7 Å². The highest BCUT2D eigenvalue weighted by Gasteiger charge is 2.26. The van der Waals surface area contributed by atoms with Crippen LogP contribution in [0.4, 0.5) is 28.6 Å². The Morgan fingerprint density at radius 1 is 1.12 bits per heavy atom. The van der Waals surface area contributed by atoms with Crippen LogP contribution in [-0.4, -0.2) is 51.7 Å². The van der Waals surface area contributed by atoms with Gasteiger partial charge in [-0.2, -0.15) is 0 Å². The van der Waals surface area contributed by atoms with Gasteiger partial charge in [-0.05, 0) is 36.4 Å². The van der Waals surface area contributed by atoms with Gasteiger partial charge in [-0.15, -0.1) is 0 Å². The third-order valence-electron chi connectivity index (χ3n) is 5.20. The number of nitrogens with one attached hydrogen (secondary N) is 2. The molecule has 3 aromatic rings. The molecule has 0 aliphatic carbocycles. The number of benzene rings is 2. The zero-order valence-corrected chi connectivity index (χ0v) is 19.1. The molecule has 34 heavy (non-hydrogen) atoms. The molecule has 0 atom stereocenters. The highest BCUT2D eigenvalue weighted by molar-refractivity contribution is 7.93. The van der Waals surface area contributed by atoms with Gasteiger partial charge >= 0.3 is 5.69 Å². The molecule has 1 saturated heterocycles. The molecule has 178 valence electrons. The first-order valence-corrected chi connectivity index (χ1v) is 11.9. The standard InChI is InChI=1S/C22H23N5O6S/c1-32-20-7-3-2-5-17(20)25-34(30,31)21-15-16(8-9-18(21)26-11-13-33-14-12-26)24-22-19(27(28)29)6-4-10-23-22/h2-10,15,25H,11-14H2,1H3,(H,23,24). The summed E-state index contributed by atoms with van der Waals surface area (Å²) in [5, 5.41) is 14.2. The number of hydrogen-bond acceptors (Lipinski definition) is 9. The van der Waals surface area contributed by atoms with Crippen molar-refractivity contribution in [3.05, 3.63) is 70.9 Å². The summed E-state index contributed by atoms with van der Waals surface area (Å²) in [7, 11) is -2.62. The van der Waals surface area contributed by atoms with Crippen LogP contribution in [-0.2, 0) is 14.8 Å². The number of sulfonamides is 1. The van der Waals surface area contributed by atoms with Crippen LogP contribution in [0.5, 0.6) is 5.75 Å². The maximum atomic E-state index is 13.5. The number of aromatic nitrogens is 1. The number of pyridine rings is 1. The van der Waals surface area contributed by atoms with Gasteiger partial charge in [0.15, 0.2) is 0 Å². The Labute approximate surface area is 196 Å². The van der Waals surface area contributed by atoms with Gasteiger partial charge in [-0.1, -0.05) is 12.1 Å². The number of morpholine rings is 1. The zero-order valence-electron chi connectivity index (χ0n) is 18.3. The van der Waals surface area contributed by atoms with Crippen molar-refractivity contribution in [2.45, 2.75) is 4.90 Å². The topological polar surface area (TPSA) is 136 Å². The molecule has 12 heteroatoms. The van der Waals surface area contributed by atoms with Gasteiger partial charge in [0.2, 0.25) is 5.82 Å². The number of rotatable bonds is 8. The van der Waals surface area contributed by atoms with E-state index in [0.717, 1.165) is 0 Å². The lowest BCUT2D eigenvalue weighted by atomic mass is 10.2. The Morgan fingerprint density at radius 2 is 1.88 bits per heavy atom. The van der Waals surface area contributed by atoms with Crippen molar-refractivity contribution in [2.75, 3.05) is 48.4 Å². The molecule has 0 saturated carbocycles. The monoisotopic (exact) mass is 485 g/mol. The fourth-order valence-electron chi connectivity index (χ4n) is 3.58. The van der Waals surface area contributed by atoms with E-state index < -0.39 is 14.9 Å². The van der Waals surface area contributed by atoms with Gasteiger partial charge in [-0.3, -0.25) is 14.8 Å². The lowest BCUT2D eigenvalue weighted by Crippen LogP contribution is -2.37. The third-order valence-corrected chi connectivity index (χ3v) is 6.59. The summed E-state index contributed by atoms with van der Waals surface area (Å²) in [5.41, 5.74) is 0.888. The molecule has 2 N–H and O–H groups in total. The van der Waals surface area contributed by atoms with E-state index >= 15 is 0 Å². The summed E-state index contributed by atoms with van der Waals surface area (Å²) in [6.45, 7) is 1.99. The summed E-state index contributed by atoms with van der Waals surface area (Å²) in [6.07, 6.45) is 1.42. The molecule has 4 rings (SSSR count). The molecule has 0 bridgehead atoms. The molecular formula is C22H23N5O6S. The van der Waals surface area contributed by atoms with Gasteiger partial charge in [0.05, 0.1) is 36.6 Å². The molecule has 1 aromatic heterocycles. The van der Waals surface area contributed by atoms with Crippen molar-refractivity contribution < 1.29 is 22.8 Å². The van der Waals surface area contributed by atoms with Crippen molar-refractivity contribution >= 4 is 38.6 Å². The molecule has 1 aliphatic rings. The van der Waals surface area contributed by atoms with E-state index in [4.69, 9.17) is 9.47 Å². The minimum Gasteiger partial charge on any atom is -0.495 e. The summed E-state index contributed by atoms with van der Waals surface area (Å²) >= 11 is 0. The average Bonchev–Trinajstić information content (AvgIpc) is 2.85. The van der Waals surface area contributed by atoms with Crippen LogP contribution in [0.15, 0.2) is 65.7 Å². The Hall–Kier alpha value is -3.90. The van der Waals surface area contributed by atoms with Crippen LogP contribution in [0.25, 0.3) is 0 Å². The highest BCUT2D eigenvalue weighted by atomic mass is 32.2. The number of anilines is 4. The lowest BCUT2D eigenvalue weighted by Gasteiger charge is -2.30. The van der Waals surface area contributed by atoms with E-state index in [-0.39, 0.29) is 22.1 Å². The predicted octanol–water partition coefficient (Wildman–Crippen LogP) is 3.38. The molecule has 0 unspecified atom stereocenters. The second-order valence-electron chi connectivity index (χ2n) is 7.34. The van der Waals surface area contributed by atoms with Crippen molar-refractivity contribution in [1.29, 1.82) is 0 Å². The molecule has 0 radical (unpaired) electrons. The number of hydrogen-bond donors (Lipinski definition) is 2. The maximum Gasteiger partial charge on any atom is 0.311 e. The smallest absolute Gasteiger partial charge is 0.311 e. The summed E-state index contributed by atoms with van der Waals surface area (Å²) in [4.78, 5) is 16.8. The normalized spacial score (nSPS) is 13.9. The van der Waals surface area contributed by atoms with Crippen LogP contribution in [0, 0.1) is 10.1 Å². The minimum atomic E-state index is -4.07. The van der Waals surface area contributed by atoms with Crippen LogP contribution in [0.1, 0.15) is 0 Å². The Morgan fingerprint density at radius 3 is 2.62 bits per heavy atom. The SMILES string of the molecule is COc1ccccc1NS(=O)(=O)c1cc(Nc2ncccc2[N+](=O)[O-])ccc1N1CCOCC1. The minimum absolute atomic E-state index is 0.00360. The van der Waals surface area contributed by atoms with Crippen molar-refractivity contribution in [1.82, 2.24) is 4.98 Å². The fourth-order valence-corrected chi connectivity index (χ4v) is 4.90. The third kappa shape index (κ3) is 5.02. The molecule has 0 amide bonds. The van der Waals surface area contributed by atoms with Gasteiger partial charge in [0, 0.05) is 31.0 Å². The molecule has 1 fully saturated rings. The Balaban J connectivity index is 1.76. The van der Waals surface area contributed by atoms with Crippen molar-refractivity contribution in [2.24, 2.45) is 0 Å². The fraction of sp³-hybridized carbons (Fsp3) is 0.227. The first kappa shape index (κ1) is 23.3. The number of methoxy groups -OCH3 is 1. The van der Waals surface area contributed by atoms with E-state index in [1.165, 1.54) is 31.5 Å². The number of para-hydroxylation sites is 2. The summed E-state index contributed by atoms with van der Waals surface area (Å²) in [6, 6.07) is 14.2. The van der Waals surface area contributed by atoms with Gasteiger partial charge in [-0.25, -0.2) is 13.4 Å². The average molecular weight is 486 g/mol. The Bertz CT molecular complexity index is 1290. The van der Waals surface area contributed by atoms with E-state index in [2.05, 4.69) is 15.0 Å². The van der Waals surface area contributed by atoms with E-state index in [0.29, 0.717) is 43.4 Å². The second-order valence-corrected chi connectivity index (χ2v) is 8.99. The molecule has 1 aliphatic heterocycles. The van der Waals surface area contributed by atoms with Crippen molar-refractivity contribution in [3.63, 3.8) is 0 Å². The highest BCUT2D eigenvalue weighted by Crippen LogP contribution is 2.34. The van der Waals surface area contributed by atoms with Crippen LogP contribution in [0.3, 0.4) is 0 Å². The van der Waals surface area contributed by atoms with Gasteiger partial charge in [0.1, 0.15) is 10.6 Å².